The van der Waals surface area contributed by atoms with E-state index in [4.69, 9.17) is 16.3 Å². The van der Waals surface area contributed by atoms with Crippen LogP contribution in [0, 0.1) is 12.3 Å². The molecule has 2 fully saturated rings. The van der Waals surface area contributed by atoms with Crippen LogP contribution >= 0.6 is 18.7 Å². The quantitative estimate of drug-likeness (QED) is 0.274. The van der Waals surface area contributed by atoms with E-state index in [0.717, 1.165) is 48.3 Å². The molecule has 2 N–H and O–H groups in total. The fourth-order valence-corrected chi connectivity index (χ4v) is 7.57. The van der Waals surface area contributed by atoms with Gasteiger partial charge in [0.1, 0.15) is 12.2 Å². The molecule has 9 heteroatoms. The Kier molecular flexibility index (Phi) is 7.22. The predicted octanol–water partition coefficient (Wildman–Crippen LogP) is 6.14. The van der Waals surface area contributed by atoms with Crippen molar-refractivity contribution in [2.45, 2.75) is 45.1 Å². The van der Waals surface area contributed by atoms with Crippen LogP contribution in [0.3, 0.4) is 0 Å². The van der Waals surface area contributed by atoms with Gasteiger partial charge in [-0.05, 0) is 94.3 Å². The summed E-state index contributed by atoms with van der Waals surface area (Å²) in [7, 11) is -2.51. The number of benzene rings is 2. The van der Waals surface area contributed by atoms with Crippen LogP contribution in [0.25, 0.3) is 0 Å². The highest BCUT2D eigenvalue weighted by Crippen LogP contribution is 2.41. The molecule has 1 spiro atoms. The zero-order valence-electron chi connectivity index (χ0n) is 23.0. The summed E-state index contributed by atoms with van der Waals surface area (Å²) in [5.74, 6) is 0.939. The Morgan fingerprint density at radius 2 is 1.87 bits per heavy atom. The Morgan fingerprint density at radius 1 is 1.08 bits per heavy atom. The number of nitrogens with one attached hydrogen (secondary N) is 2. The molecule has 39 heavy (non-hydrogen) atoms. The molecule has 2 aliphatic heterocycles. The molecule has 3 aromatic rings. The van der Waals surface area contributed by atoms with Gasteiger partial charge in [-0.15, -0.1) is 0 Å². The van der Waals surface area contributed by atoms with Gasteiger partial charge in [0.2, 0.25) is 5.95 Å². The third-order valence-electron chi connectivity index (χ3n) is 8.49. The van der Waals surface area contributed by atoms with E-state index in [0.29, 0.717) is 28.2 Å². The minimum absolute atomic E-state index is 0.402. The second-order valence-electron chi connectivity index (χ2n) is 11.9. The molecule has 1 aliphatic carbocycles. The Labute approximate surface area is 236 Å². The Balaban J connectivity index is 1.16. The molecule has 1 aromatic heterocycles. The molecule has 7 nitrogen and oxygen atoms in total. The van der Waals surface area contributed by atoms with Gasteiger partial charge < -0.3 is 19.9 Å². The summed E-state index contributed by atoms with van der Waals surface area (Å²) in [4.78, 5) is 11.8. The van der Waals surface area contributed by atoms with Crippen molar-refractivity contribution in [3.05, 3.63) is 64.3 Å². The van der Waals surface area contributed by atoms with Gasteiger partial charge in [-0.3, -0.25) is 4.90 Å². The monoisotopic (exact) mass is 565 g/mol. The topological polar surface area (TPSA) is 79.4 Å². The van der Waals surface area contributed by atoms with E-state index >= 15 is 0 Å². The van der Waals surface area contributed by atoms with E-state index in [9.17, 15) is 4.57 Å². The number of nitrogens with zero attached hydrogens (tertiary/aromatic N) is 3. The lowest BCUT2D eigenvalue weighted by Gasteiger charge is -2.39. The van der Waals surface area contributed by atoms with Crippen LogP contribution in [0.5, 0.6) is 0 Å². The van der Waals surface area contributed by atoms with Crippen LogP contribution in [0.2, 0.25) is 5.02 Å². The second-order valence-corrected chi connectivity index (χ2v) is 15.5. The first-order valence-electron chi connectivity index (χ1n) is 13.8. The molecule has 0 saturated carbocycles. The average Bonchev–Trinajstić information content (AvgIpc) is 3.24. The van der Waals surface area contributed by atoms with Gasteiger partial charge in [-0.25, -0.2) is 4.98 Å². The first kappa shape index (κ1) is 26.8. The van der Waals surface area contributed by atoms with Crippen LogP contribution in [-0.2, 0) is 22.1 Å². The second kappa shape index (κ2) is 10.5. The average molecular weight is 566 g/mol. The summed E-state index contributed by atoms with van der Waals surface area (Å²) < 4.78 is 18.5. The van der Waals surface area contributed by atoms with Crippen molar-refractivity contribution in [3.8, 4) is 0 Å². The summed E-state index contributed by atoms with van der Waals surface area (Å²) in [5.41, 5.74) is 6.06. The maximum absolute atomic E-state index is 12.9. The molecular weight excluding hydrogens is 529 g/mol. The molecule has 0 bridgehead atoms. The Bertz CT molecular complexity index is 1440. The third-order valence-corrected chi connectivity index (χ3v) is 10.3. The van der Waals surface area contributed by atoms with Crippen molar-refractivity contribution in [2.24, 2.45) is 5.41 Å². The van der Waals surface area contributed by atoms with Gasteiger partial charge in [-0.1, -0.05) is 29.3 Å². The molecule has 2 aromatic carbocycles. The first-order chi connectivity index (χ1) is 18.7. The molecule has 3 heterocycles. The van der Waals surface area contributed by atoms with Crippen LogP contribution in [0.15, 0.2) is 42.6 Å². The number of fused-ring (bicyclic) bond motifs is 1. The van der Waals surface area contributed by atoms with E-state index in [1.807, 2.05) is 25.1 Å². The standard InChI is InChI=1S/C30H37ClN5O2P/c1-20-4-11-26(27(14-20)39(2,3)37)34-28-25(31)16-32-29(35-28)33-23-8-5-21-6-9-24(10-7-22(21)15-23)36-13-12-30(17-36)18-38-19-30/h4-5,8,11,14-16,24H,6-7,9-10,12-13,17-19H2,1-3H3,(H2,32,33,34,35)/t24-/m1/s1. The third kappa shape index (κ3) is 5.74. The summed E-state index contributed by atoms with van der Waals surface area (Å²) >= 11 is 6.46. The lowest BCUT2D eigenvalue weighted by molar-refractivity contribution is -0.106. The van der Waals surface area contributed by atoms with E-state index in [2.05, 4.69) is 43.7 Å². The SMILES string of the molecule is Cc1ccc(Nc2nc(Nc3ccc4c(c3)CC[C@H](N3CCC5(COC5)C3)CC4)ncc2Cl)c(P(C)(C)=O)c1. The van der Waals surface area contributed by atoms with Gasteiger partial charge in [-0.2, -0.15) is 4.98 Å². The molecule has 2 saturated heterocycles. The van der Waals surface area contributed by atoms with Crippen molar-refractivity contribution in [1.29, 1.82) is 0 Å². The van der Waals surface area contributed by atoms with Crippen molar-refractivity contribution in [2.75, 3.05) is 50.3 Å². The smallest absolute Gasteiger partial charge is 0.229 e. The highest BCUT2D eigenvalue weighted by atomic mass is 35.5. The van der Waals surface area contributed by atoms with Crippen LogP contribution in [0.4, 0.5) is 23.1 Å². The normalized spacial score (nSPS) is 20.8. The van der Waals surface area contributed by atoms with Gasteiger partial charge in [0.15, 0.2) is 5.82 Å². The van der Waals surface area contributed by atoms with Crippen molar-refractivity contribution in [1.82, 2.24) is 14.9 Å². The lowest BCUT2D eigenvalue weighted by Crippen LogP contribution is -2.46. The number of aromatic nitrogens is 2. The number of ether oxygens (including phenoxy) is 1. The molecule has 0 radical (unpaired) electrons. The van der Waals surface area contributed by atoms with Crippen LogP contribution in [-0.4, -0.2) is 60.5 Å². The number of halogens is 1. The van der Waals surface area contributed by atoms with Crippen molar-refractivity contribution in [3.63, 3.8) is 0 Å². The predicted molar refractivity (Wildman–Crippen MR) is 160 cm³/mol. The molecule has 3 aliphatic rings. The zero-order valence-corrected chi connectivity index (χ0v) is 24.6. The molecule has 206 valence electrons. The maximum atomic E-state index is 12.9. The number of likely N-dealkylation sites (tertiary alicyclic amines) is 1. The maximum Gasteiger partial charge on any atom is 0.229 e. The first-order valence-corrected chi connectivity index (χ1v) is 16.8. The number of anilines is 4. The van der Waals surface area contributed by atoms with E-state index in [1.54, 1.807) is 19.5 Å². The number of aryl methyl sites for hydroxylation is 3. The summed E-state index contributed by atoms with van der Waals surface area (Å²) in [6, 6.07) is 13.1. The summed E-state index contributed by atoms with van der Waals surface area (Å²) in [5, 5.41) is 7.85. The van der Waals surface area contributed by atoms with Gasteiger partial charge >= 0.3 is 0 Å². The largest absolute Gasteiger partial charge is 0.380 e. The van der Waals surface area contributed by atoms with Gasteiger partial charge in [0.05, 0.1) is 25.1 Å². The molecule has 0 unspecified atom stereocenters. The summed E-state index contributed by atoms with van der Waals surface area (Å²) in [6.07, 6.45) is 7.47. The highest BCUT2D eigenvalue weighted by Gasteiger charge is 2.45. The van der Waals surface area contributed by atoms with Gasteiger partial charge in [0, 0.05) is 29.0 Å². The van der Waals surface area contributed by atoms with Crippen LogP contribution < -0.4 is 15.9 Å². The number of hydrogen-bond acceptors (Lipinski definition) is 7. The molecular formula is C30H37ClN5O2P. The molecule has 1 atom stereocenters. The van der Waals surface area contributed by atoms with E-state index in [-0.39, 0.29) is 0 Å². The number of rotatable bonds is 6. The fourth-order valence-electron chi connectivity index (χ4n) is 6.21. The van der Waals surface area contributed by atoms with E-state index < -0.39 is 7.14 Å². The van der Waals surface area contributed by atoms with Crippen LogP contribution in [0.1, 0.15) is 36.0 Å². The van der Waals surface area contributed by atoms with Crippen molar-refractivity contribution < 1.29 is 9.30 Å². The molecule has 0 amide bonds. The minimum Gasteiger partial charge on any atom is -0.380 e. The minimum atomic E-state index is -2.51. The van der Waals surface area contributed by atoms with Gasteiger partial charge in [0.25, 0.3) is 0 Å². The summed E-state index contributed by atoms with van der Waals surface area (Å²) in [6.45, 7) is 9.83. The lowest BCUT2D eigenvalue weighted by atomic mass is 9.85. The zero-order chi connectivity index (χ0) is 27.2. The molecule has 6 rings (SSSR count). The highest BCUT2D eigenvalue weighted by molar-refractivity contribution is 7.70. The number of hydrogen-bond donors (Lipinski definition) is 2. The van der Waals surface area contributed by atoms with E-state index in [1.165, 1.54) is 43.5 Å². The fraction of sp³-hybridized carbons (Fsp3) is 0.467. The Hall–Kier alpha value is -2.44. The van der Waals surface area contributed by atoms with Crippen molar-refractivity contribution >= 4 is 47.2 Å². The Morgan fingerprint density at radius 3 is 2.59 bits per heavy atom.